The Morgan fingerprint density at radius 2 is 1.92 bits per heavy atom. The fraction of sp³-hybridized carbons (Fsp3) is 0.167. The molecule has 0 aliphatic carbocycles. The molecule has 1 aromatic carbocycles. The molecule has 0 saturated heterocycles. The van der Waals surface area contributed by atoms with Crippen LogP contribution < -0.4 is 20.1 Å². The highest BCUT2D eigenvalue weighted by Gasteiger charge is 2.14. The number of furan rings is 1. The predicted octanol–water partition coefficient (Wildman–Crippen LogP) is 2.83. The summed E-state index contributed by atoms with van der Waals surface area (Å²) in [7, 11) is 0. The Hall–Kier alpha value is -3.55. The van der Waals surface area contributed by atoms with E-state index in [2.05, 4.69) is 20.6 Å². The molecule has 2 aromatic heterocycles. The summed E-state index contributed by atoms with van der Waals surface area (Å²) in [5, 5.41) is 5.52. The van der Waals surface area contributed by atoms with Crippen molar-refractivity contribution in [3.8, 4) is 23.0 Å². The van der Waals surface area contributed by atoms with Crippen LogP contribution in [0.2, 0.25) is 0 Å². The van der Waals surface area contributed by atoms with Crippen LogP contribution in [-0.4, -0.2) is 29.2 Å². The van der Waals surface area contributed by atoms with E-state index in [9.17, 15) is 4.79 Å². The predicted molar refractivity (Wildman–Crippen MR) is 93.0 cm³/mol. The van der Waals surface area contributed by atoms with Crippen LogP contribution in [-0.2, 0) is 6.54 Å². The number of nitrogens with zero attached hydrogens (tertiary/aromatic N) is 2. The number of hydrogen-bond donors (Lipinski definition) is 2. The number of fused-ring (bicyclic) bond motifs is 1. The van der Waals surface area contributed by atoms with Crippen molar-refractivity contribution in [2.75, 3.05) is 18.5 Å². The molecule has 3 heterocycles. The molecule has 132 valence electrons. The summed E-state index contributed by atoms with van der Waals surface area (Å²) in [6, 6.07) is 8.45. The van der Waals surface area contributed by atoms with E-state index in [0.29, 0.717) is 47.5 Å². The molecule has 8 heteroatoms. The Kier molecular flexibility index (Phi) is 4.38. The summed E-state index contributed by atoms with van der Waals surface area (Å²) < 4.78 is 16.3. The number of aromatic nitrogens is 2. The number of anilines is 1. The third kappa shape index (κ3) is 3.44. The molecular formula is C18H16N4O4. The normalized spacial score (nSPS) is 12.5. The van der Waals surface area contributed by atoms with E-state index in [1.165, 1.54) is 0 Å². The van der Waals surface area contributed by atoms with E-state index in [1.54, 1.807) is 49.0 Å². The van der Waals surface area contributed by atoms with Gasteiger partial charge in [-0.25, -0.2) is 9.78 Å². The highest BCUT2D eigenvalue weighted by atomic mass is 16.6. The second-order valence-corrected chi connectivity index (χ2v) is 5.50. The molecule has 0 saturated carbocycles. The summed E-state index contributed by atoms with van der Waals surface area (Å²) in [6.45, 7) is 1.22. The van der Waals surface area contributed by atoms with E-state index in [4.69, 9.17) is 13.9 Å². The van der Waals surface area contributed by atoms with E-state index in [0.717, 1.165) is 0 Å². The molecule has 4 rings (SSSR count). The van der Waals surface area contributed by atoms with Crippen LogP contribution >= 0.6 is 0 Å². The molecule has 0 spiro atoms. The second-order valence-electron chi connectivity index (χ2n) is 5.50. The number of rotatable bonds is 4. The number of benzene rings is 1. The third-order valence-electron chi connectivity index (χ3n) is 3.75. The summed E-state index contributed by atoms with van der Waals surface area (Å²) >= 11 is 0. The average Bonchev–Trinajstić information content (AvgIpc) is 3.21. The van der Waals surface area contributed by atoms with Gasteiger partial charge in [0, 0.05) is 24.1 Å². The van der Waals surface area contributed by atoms with Crippen LogP contribution in [0.5, 0.6) is 11.5 Å². The summed E-state index contributed by atoms with van der Waals surface area (Å²) in [5.41, 5.74) is 1.81. The second kappa shape index (κ2) is 7.14. The summed E-state index contributed by atoms with van der Waals surface area (Å²) in [4.78, 5) is 20.7. The van der Waals surface area contributed by atoms with Gasteiger partial charge in [-0.1, -0.05) is 0 Å². The van der Waals surface area contributed by atoms with Crippen molar-refractivity contribution in [3.05, 3.63) is 54.7 Å². The van der Waals surface area contributed by atoms with Crippen molar-refractivity contribution in [1.82, 2.24) is 15.3 Å². The molecule has 0 fully saturated rings. The number of hydrogen-bond acceptors (Lipinski definition) is 6. The molecule has 8 nitrogen and oxygen atoms in total. The first-order valence-corrected chi connectivity index (χ1v) is 8.08. The Morgan fingerprint density at radius 3 is 2.77 bits per heavy atom. The van der Waals surface area contributed by atoms with Crippen LogP contribution in [0.4, 0.5) is 10.5 Å². The third-order valence-corrected chi connectivity index (χ3v) is 3.75. The van der Waals surface area contributed by atoms with Crippen molar-refractivity contribution < 1.29 is 18.7 Å². The molecule has 0 bridgehead atoms. The fourth-order valence-corrected chi connectivity index (χ4v) is 2.58. The topological polar surface area (TPSA) is 98.5 Å². The van der Waals surface area contributed by atoms with E-state index >= 15 is 0 Å². The molecule has 0 unspecified atom stereocenters. The molecule has 3 aromatic rings. The SMILES string of the molecule is O=C(NCc1nccnc1-c1ccco1)Nc1ccc2c(c1)OCCO2. The molecule has 0 radical (unpaired) electrons. The number of carbonyl (C=O) groups excluding carboxylic acids is 1. The zero-order valence-corrected chi connectivity index (χ0v) is 13.8. The molecule has 1 aliphatic heterocycles. The zero-order chi connectivity index (χ0) is 17.8. The van der Waals surface area contributed by atoms with Gasteiger partial charge in [-0.3, -0.25) is 4.98 Å². The quantitative estimate of drug-likeness (QED) is 0.749. The zero-order valence-electron chi connectivity index (χ0n) is 13.8. The van der Waals surface area contributed by atoms with Crippen molar-refractivity contribution in [3.63, 3.8) is 0 Å². The van der Waals surface area contributed by atoms with E-state index in [-0.39, 0.29) is 12.6 Å². The Labute approximate surface area is 149 Å². The largest absolute Gasteiger partial charge is 0.486 e. The monoisotopic (exact) mass is 352 g/mol. The van der Waals surface area contributed by atoms with Crippen molar-refractivity contribution in [2.24, 2.45) is 0 Å². The van der Waals surface area contributed by atoms with Gasteiger partial charge < -0.3 is 24.5 Å². The van der Waals surface area contributed by atoms with Gasteiger partial charge in [0.1, 0.15) is 18.9 Å². The smallest absolute Gasteiger partial charge is 0.319 e. The molecule has 2 N–H and O–H groups in total. The lowest BCUT2D eigenvalue weighted by atomic mass is 10.2. The minimum absolute atomic E-state index is 0.209. The highest BCUT2D eigenvalue weighted by molar-refractivity contribution is 5.89. The Balaban J connectivity index is 1.41. The standard InChI is InChI=1S/C18H16N4O4/c23-18(22-12-3-4-14-16(10-12)26-9-8-25-14)21-11-13-17(20-6-5-19-13)15-2-1-7-24-15/h1-7,10H,8-9,11H2,(H2,21,22,23). The average molecular weight is 352 g/mol. The minimum Gasteiger partial charge on any atom is -0.486 e. The van der Waals surface area contributed by atoms with Crippen molar-refractivity contribution in [2.45, 2.75) is 6.54 Å². The molecule has 26 heavy (non-hydrogen) atoms. The van der Waals surface area contributed by atoms with Gasteiger partial charge in [-0.15, -0.1) is 0 Å². The van der Waals surface area contributed by atoms with Crippen LogP contribution in [0.3, 0.4) is 0 Å². The van der Waals surface area contributed by atoms with Gasteiger partial charge in [0.15, 0.2) is 17.3 Å². The molecule has 0 atom stereocenters. The first kappa shape index (κ1) is 15.9. The fourth-order valence-electron chi connectivity index (χ4n) is 2.58. The van der Waals surface area contributed by atoms with Gasteiger partial charge in [0.25, 0.3) is 0 Å². The molecular weight excluding hydrogens is 336 g/mol. The van der Waals surface area contributed by atoms with Crippen LogP contribution in [0.25, 0.3) is 11.5 Å². The Morgan fingerprint density at radius 1 is 1.08 bits per heavy atom. The lowest BCUT2D eigenvalue weighted by Gasteiger charge is -2.19. The minimum atomic E-state index is -0.363. The first-order valence-electron chi connectivity index (χ1n) is 8.08. The maximum Gasteiger partial charge on any atom is 0.319 e. The molecule has 2 amide bonds. The van der Waals surface area contributed by atoms with Crippen LogP contribution in [0.1, 0.15) is 5.69 Å². The van der Waals surface area contributed by atoms with Gasteiger partial charge >= 0.3 is 6.03 Å². The molecule has 1 aliphatic rings. The maximum absolute atomic E-state index is 12.2. The number of ether oxygens (including phenoxy) is 2. The highest BCUT2D eigenvalue weighted by Crippen LogP contribution is 2.32. The first-order chi connectivity index (χ1) is 12.8. The van der Waals surface area contributed by atoms with E-state index in [1.807, 2.05) is 0 Å². The number of urea groups is 1. The van der Waals surface area contributed by atoms with Crippen LogP contribution in [0, 0.1) is 0 Å². The van der Waals surface area contributed by atoms with Crippen molar-refractivity contribution >= 4 is 11.7 Å². The number of nitrogens with one attached hydrogen (secondary N) is 2. The van der Waals surface area contributed by atoms with E-state index < -0.39 is 0 Å². The maximum atomic E-state index is 12.2. The number of amides is 2. The van der Waals surface area contributed by atoms with Gasteiger partial charge in [-0.2, -0.15) is 0 Å². The Bertz CT molecular complexity index is 911. The lowest BCUT2D eigenvalue weighted by Crippen LogP contribution is -2.29. The van der Waals surface area contributed by atoms with Gasteiger partial charge in [-0.05, 0) is 24.3 Å². The van der Waals surface area contributed by atoms with Crippen molar-refractivity contribution in [1.29, 1.82) is 0 Å². The summed E-state index contributed by atoms with van der Waals surface area (Å²) in [5.74, 6) is 1.88. The summed E-state index contributed by atoms with van der Waals surface area (Å²) in [6.07, 6.45) is 4.72. The van der Waals surface area contributed by atoms with Crippen LogP contribution in [0.15, 0.2) is 53.4 Å². The van der Waals surface area contributed by atoms with Gasteiger partial charge in [0.2, 0.25) is 0 Å². The number of carbonyl (C=O) groups is 1. The van der Waals surface area contributed by atoms with Gasteiger partial charge in [0.05, 0.1) is 18.5 Å². The lowest BCUT2D eigenvalue weighted by molar-refractivity contribution is 0.171.